The van der Waals surface area contributed by atoms with Crippen LogP contribution in [-0.2, 0) is 7.05 Å². The van der Waals surface area contributed by atoms with Crippen LogP contribution < -0.4 is 5.73 Å². The van der Waals surface area contributed by atoms with Crippen LogP contribution in [0.15, 0.2) is 22.6 Å². The van der Waals surface area contributed by atoms with Gasteiger partial charge in [-0.2, -0.15) is 10.2 Å². The Morgan fingerprint density at radius 2 is 2.29 bits per heavy atom. The van der Waals surface area contributed by atoms with Gasteiger partial charge in [0.1, 0.15) is 5.84 Å². The number of amidine groups is 1. The van der Waals surface area contributed by atoms with Crippen molar-refractivity contribution >= 4 is 11.5 Å². The van der Waals surface area contributed by atoms with E-state index in [-0.39, 0.29) is 5.92 Å². The van der Waals surface area contributed by atoms with Crippen molar-refractivity contribution in [2.45, 2.75) is 13.3 Å². The topological polar surface area (TPSA) is 68.6 Å². The van der Waals surface area contributed by atoms with Crippen molar-refractivity contribution in [1.29, 1.82) is 0 Å². The van der Waals surface area contributed by atoms with Crippen LogP contribution in [0.3, 0.4) is 0 Å². The van der Waals surface area contributed by atoms with Crippen molar-refractivity contribution in [3.63, 3.8) is 0 Å². The van der Waals surface area contributed by atoms with Crippen LogP contribution in [0.4, 0.5) is 0 Å². The van der Waals surface area contributed by atoms with E-state index in [9.17, 15) is 0 Å². The Balaban J connectivity index is 2.29. The standard InChI is InChI=1S/C9H13N5/c1-6-3-8(12-13-9(6)10)7-4-11-14(2)5-7/h4-6H,3H2,1-2H3,(H2,10,13). The van der Waals surface area contributed by atoms with Gasteiger partial charge >= 0.3 is 0 Å². The Labute approximate surface area is 82.3 Å². The van der Waals surface area contributed by atoms with Gasteiger partial charge in [-0.05, 0) is 0 Å². The normalized spacial score (nSPS) is 21.7. The molecular weight excluding hydrogens is 178 g/mol. The molecule has 1 unspecified atom stereocenters. The van der Waals surface area contributed by atoms with Gasteiger partial charge in [-0.25, -0.2) is 0 Å². The smallest absolute Gasteiger partial charge is 0.125 e. The summed E-state index contributed by atoms with van der Waals surface area (Å²) < 4.78 is 1.75. The summed E-state index contributed by atoms with van der Waals surface area (Å²) in [6.45, 7) is 2.05. The highest BCUT2D eigenvalue weighted by Gasteiger charge is 2.17. The van der Waals surface area contributed by atoms with Crippen molar-refractivity contribution in [2.24, 2.45) is 28.9 Å². The number of aromatic nitrogens is 2. The number of nitrogens with zero attached hydrogens (tertiary/aromatic N) is 4. The molecule has 0 saturated heterocycles. The van der Waals surface area contributed by atoms with Crippen LogP contribution in [0.25, 0.3) is 0 Å². The van der Waals surface area contributed by atoms with Crippen LogP contribution in [-0.4, -0.2) is 21.3 Å². The van der Waals surface area contributed by atoms with Crippen molar-refractivity contribution in [3.8, 4) is 0 Å². The second-order valence-electron chi connectivity index (χ2n) is 3.58. The van der Waals surface area contributed by atoms with E-state index in [0.717, 1.165) is 17.7 Å². The van der Waals surface area contributed by atoms with Gasteiger partial charge in [0.25, 0.3) is 0 Å². The molecule has 2 N–H and O–H groups in total. The quantitative estimate of drug-likeness (QED) is 0.703. The molecule has 1 aromatic rings. The van der Waals surface area contributed by atoms with Crippen molar-refractivity contribution in [3.05, 3.63) is 18.0 Å². The van der Waals surface area contributed by atoms with Crippen LogP contribution in [0.5, 0.6) is 0 Å². The number of rotatable bonds is 1. The fraction of sp³-hybridized carbons (Fsp3) is 0.444. The summed E-state index contributed by atoms with van der Waals surface area (Å²) in [4.78, 5) is 0. The number of hydrogen-bond donors (Lipinski definition) is 1. The summed E-state index contributed by atoms with van der Waals surface area (Å²) in [5.41, 5.74) is 7.63. The van der Waals surface area contributed by atoms with Crippen molar-refractivity contribution < 1.29 is 0 Å². The lowest BCUT2D eigenvalue weighted by atomic mass is 9.99. The zero-order valence-electron chi connectivity index (χ0n) is 8.31. The molecule has 1 aliphatic rings. The molecule has 5 heteroatoms. The highest BCUT2D eigenvalue weighted by molar-refractivity contribution is 6.04. The summed E-state index contributed by atoms with van der Waals surface area (Å²) >= 11 is 0. The zero-order valence-corrected chi connectivity index (χ0v) is 8.31. The molecule has 2 heterocycles. The first-order chi connectivity index (χ1) is 6.66. The van der Waals surface area contributed by atoms with Crippen LogP contribution >= 0.6 is 0 Å². The molecule has 0 radical (unpaired) electrons. The molecule has 0 spiro atoms. The number of aryl methyl sites for hydroxylation is 1. The fourth-order valence-corrected chi connectivity index (χ4v) is 1.40. The molecule has 0 aromatic carbocycles. The minimum absolute atomic E-state index is 0.266. The molecule has 0 aliphatic carbocycles. The Morgan fingerprint density at radius 3 is 2.86 bits per heavy atom. The summed E-state index contributed by atoms with van der Waals surface area (Å²) in [6, 6.07) is 0. The van der Waals surface area contributed by atoms with E-state index in [1.165, 1.54) is 0 Å². The second kappa shape index (κ2) is 3.25. The highest BCUT2D eigenvalue weighted by atomic mass is 15.3. The predicted octanol–water partition coefficient (Wildman–Crippen LogP) is 0.521. The van der Waals surface area contributed by atoms with E-state index in [2.05, 4.69) is 15.3 Å². The molecule has 0 saturated carbocycles. The molecule has 74 valence electrons. The summed E-state index contributed by atoms with van der Waals surface area (Å²) in [7, 11) is 1.88. The lowest BCUT2D eigenvalue weighted by Gasteiger charge is -2.14. The fourth-order valence-electron chi connectivity index (χ4n) is 1.40. The van der Waals surface area contributed by atoms with Gasteiger partial charge in [-0.1, -0.05) is 6.92 Å². The van der Waals surface area contributed by atoms with Gasteiger partial charge < -0.3 is 5.73 Å². The van der Waals surface area contributed by atoms with Gasteiger partial charge in [0.05, 0.1) is 11.9 Å². The Bertz CT molecular complexity index is 401. The van der Waals surface area contributed by atoms with E-state index in [1.807, 2.05) is 20.2 Å². The first-order valence-electron chi connectivity index (χ1n) is 4.55. The SMILES string of the molecule is CC1CC(c2cnn(C)c2)=NN=C1N. The highest BCUT2D eigenvalue weighted by Crippen LogP contribution is 2.14. The molecule has 14 heavy (non-hydrogen) atoms. The van der Waals surface area contributed by atoms with E-state index >= 15 is 0 Å². The minimum Gasteiger partial charge on any atom is -0.385 e. The predicted molar refractivity (Wildman–Crippen MR) is 55.1 cm³/mol. The third kappa shape index (κ3) is 1.53. The Kier molecular flexibility index (Phi) is 2.07. The van der Waals surface area contributed by atoms with E-state index in [4.69, 9.17) is 5.73 Å². The van der Waals surface area contributed by atoms with E-state index < -0.39 is 0 Å². The molecule has 1 atom stereocenters. The third-order valence-corrected chi connectivity index (χ3v) is 2.33. The molecule has 1 aromatic heterocycles. The van der Waals surface area contributed by atoms with Gasteiger partial charge in [-0.15, -0.1) is 5.10 Å². The monoisotopic (exact) mass is 191 g/mol. The molecule has 0 amide bonds. The maximum absolute atomic E-state index is 5.65. The second-order valence-corrected chi connectivity index (χ2v) is 3.58. The van der Waals surface area contributed by atoms with Gasteiger partial charge in [-0.3, -0.25) is 4.68 Å². The lowest BCUT2D eigenvalue weighted by Crippen LogP contribution is -2.26. The van der Waals surface area contributed by atoms with E-state index in [0.29, 0.717) is 5.84 Å². The minimum atomic E-state index is 0.266. The molecule has 2 rings (SSSR count). The van der Waals surface area contributed by atoms with Crippen LogP contribution in [0.1, 0.15) is 18.9 Å². The first-order valence-corrected chi connectivity index (χ1v) is 4.55. The maximum Gasteiger partial charge on any atom is 0.125 e. The van der Waals surface area contributed by atoms with Gasteiger partial charge in [0, 0.05) is 31.1 Å². The Morgan fingerprint density at radius 1 is 1.50 bits per heavy atom. The maximum atomic E-state index is 5.65. The van der Waals surface area contributed by atoms with Gasteiger partial charge in [0.2, 0.25) is 0 Å². The number of hydrogen-bond acceptors (Lipinski definition) is 4. The summed E-state index contributed by atoms with van der Waals surface area (Å²) in [6.07, 6.45) is 4.56. The molecule has 5 nitrogen and oxygen atoms in total. The molecular formula is C9H13N5. The van der Waals surface area contributed by atoms with Crippen LogP contribution in [0, 0.1) is 5.92 Å². The molecule has 0 bridgehead atoms. The summed E-state index contributed by atoms with van der Waals surface area (Å²) in [5.74, 6) is 0.875. The lowest BCUT2D eigenvalue weighted by molar-refractivity contribution is 0.766. The van der Waals surface area contributed by atoms with Gasteiger partial charge in [0.15, 0.2) is 0 Å². The van der Waals surface area contributed by atoms with E-state index in [1.54, 1.807) is 10.9 Å². The first kappa shape index (κ1) is 8.93. The Hall–Kier alpha value is -1.65. The molecule has 0 fully saturated rings. The zero-order chi connectivity index (χ0) is 10.1. The number of nitrogens with two attached hydrogens (primary N) is 1. The molecule has 1 aliphatic heterocycles. The largest absolute Gasteiger partial charge is 0.385 e. The van der Waals surface area contributed by atoms with Crippen molar-refractivity contribution in [1.82, 2.24) is 9.78 Å². The third-order valence-electron chi connectivity index (χ3n) is 2.33. The summed E-state index contributed by atoms with van der Waals surface area (Å²) in [5, 5.41) is 12.1. The average Bonchev–Trinajstić information content (AvgIpc) is 2.57. The van der Waals surface area contributed by atoms with Crippen molar-refractivity contribution in [2.75, 3.05) is 0 Å². The average molecular weight is 191 g/mol. The van der Waals surface area contributed by atoms with Crippen LogP contribution in [0.2, 0.25) is 0 Å².